The number of hydrogen-bond acceptors (Lipinski definition) is 3. The van der Waals surface area contributed by atoms with Crippen LogP contribution < -0.4 is 10.1 Å². The molecule has 0 radical (unpaired) electrons. The van der Waals surface area contributed by atoms with Crippen LogP contribution in [0.2, 0.25) is 0 Å². The summed E-state index contributed by atoms with van der Waals surface area (Å²) >= 11 is 0. The molecule has 0 bridgehead atoms. The Bertz CT molecular complexity index is 1070. The molecule has 2 aromatic heterocycles. The van der Waals surface area contributed by atoms with Crippen LogP contribution in [0.4, 0.5) is 10.1 Å². The Morgan fingerprint density at radius 3 is 2.78 bits per heavy atom. The van der Waals surface area contributed by atoms with E-state index in [1.54, 1.807) is 36.4 Å². The fourth-order valence-corrected chi connectivity index (χ4v) is 2.70. The maximum atomic E-state index is 13.7. The summed E-state index contributed by atoms with van der Waals surface area (Å²) in [5.74, 6) is -0.350. The zero-order valence-corrected chi connectivity index (χ0v) is 14.3. The van der Waals surface area contributed by atoms with Crippen LogP contribution in [0.5, 0.6) is 5.75 Å². The van der Waals surface area contributed by atoms with E-state index in [0.29, 0.717) is 11.3 Å². The number of nitrogens with zero attached hydrogens (tertiary/aromatic N) is 2. The number of halogens is 1. The number of aromatic nitrogens is 2. The van der Waals surface area contributed by atoms with Gasteiger partial charge < -0.3 is 14.5 Å². The minimum absolute atomic E-state index is 0.138. The third kappa shape index (κ3) is 3.79. The number of carbonyl (C=O) groups is 1. The molecule has 0 aliphatic carbocycles. The number of ether oxygens (including phenoxy) is 1. The average molecular weight is 361 g/mol. The Balaban J connectivity index is 1.45. The van der Waals surface area contributed by atoms with Gasteiger partial charge >= 0.3 is 0 Å². The molecule has 0 unspecified atom stereocenters. The predicted octanol–water partition coefficient (Wildman–Crippen LogP) is 4.30. The molecule has 5 nitrogen and oxygen atoms in total. The number of fused-ring (bicyclic) bond motifs is 1. The molecule has 0 fully saturated rings. The molecular formula is C21H16FN3O2. The Morgan fingerprint density at radius 1 is 1.07 bits per heavy atom. The minimum atomic E-state index is -0.481. The first-order valence-electron chi connectivity index (χ1n) is 8.40. The van der Waals surface area contributed by atoms with Crippen molar-refractivity contribution < 1.29 is 13.9 Å². The van der Waals surface area contributed by atoms with Crippen LogP contribution in [-0.2, 0) is 6.61 Å². The van der Waals surface area contributed by atoms with Gasteiger partial charge in [0, 0.05) is 18.0 Å². The van der Waals surface area contributed by atoms with Crippen LogP contribution >= 0.6 is 0 Å². The first-order valence-corrected chi connectivity index (χ1v) is 8.40. The van der Waals surface area contributed by atoms with Crippen LogP contribution in [0.15, 0.2) is 79.1 Å². The van der Waals surface area contributed by atoms with Gasteiger partial charge in [-0.05, 0) is 42.5 Å². The molecule has 2 heterocycles. The SMILES string of the molecule is O=C(Nc1ccccc1F)c1cccc(OCc2cn3ccccc3n2)c1. The molecule has 0 saturated heterocycles. The van der Waals surface area contributed by atoms with E-state index in [-0.39, 0.29) is 12.3 Å². The third-order valence-electron chi connectivity index (χ3n) is 4.02. The molecule has 0 aliphatic rings. The Kier molecular flexibility index (Phi) is 4.53. The molecule has 1 amide bonds. The number of rotatable bonds is 5. The summed E-state index contributed by atoms with van der Waals surface area (Å²) < 4.78 is 21.4. The lowest BCUT2D eigenvalue weighted by atomic mass is 10.2. The van der Waals surface area contributed by atoms with Crippen LogP contribution in [-0.4, -0.2) is 15.3 Å². The molecule has 27 heavy (non-hydrogen) atoms. The van der Waals surface area contributed by atoms with Crippen molar-refractivity contribution in [1.29, 1.82) is 0 Å². The Hall–Kier alpha value is -3.67. The molecule has 4 rings (SSSR count). The van der Waals surface area contributed by atoms with Gasteiger partial charge in [-0.25, -0.2) is 9.37 Å². The van der Waals surface area contributed by atoms with Crippen molar-refractivity contribution in [3.8, 4) is 5.75 Å². The van der Waals surface area contributed by atoms with Crippen molar-refractivity contribution in [2.24, 2.45) is 0 Å². The number of imidazole rings is 1. The monoisotopic (exact) mass is 361 g/mol. The topological polar surface area (TPSA) is 55.6 Å². The lowest BCUT2D eigenvalue weighted by Crippen LogP contribution is -2.13. The fourth-order valence-electron chi connectivity index (χ4n) is 2.70. The van der Waals surface area contributed by atoms with Crippen molar-refractivity contribution in [1.82, 2.24) is 9.38 Å². The second kappa shape index (κ2) is 7.29. The van der Waals surface area contributed by atoms with Crippen LogP contribution in [0.1, 0.15) is 16.1 Å². The van der Waals surface area contributed by atoms with Gasteiger partial charge in [0.2, 0.25) is 0 Å². The molecule has 1 N–H and O–H groups in total. The number of nitrogens with one attached hydrogen (secondary N) is 1. The summed E-state index contributed by atoms with van der Waals surface area (Å²) in [6, 6.07) is 18.5. The second-order valence-electron chi connectivity index (χ2n) is 5.95. The van der Waals surface area contributed by atoms with E-state index in [1.165, 1.54) is 12.1 Å². The van der Waals surface area contributed by atoms with Gasteiger partial charge in [-0.3, -0.25) is 4.79 Å². The van der Waals surface area contributed by atoms with E-state index >= 15 is 0 Å². The highest BCUT2D eigenvalue weighted by molar-refractivity contribution is 6.04. The highest BCUT2D eigenvalue weighted by atomic mass is 19.1. The van der Waals surface area contributed by atoms with Gasteiger partial charge in [-0.15, -0.1) is 0 Å². The Labute approximate surface area is 155 Å². The number of amides is 1. The highest BCUT2D eigenvalue weighted by Gasteiger charge is 2.10. The largest absolute Gasteiger partial charge is 0.487 e. The zero-order chi connectivity index (χ0) is 18.6. The third-order valence-corrected chi connectivity index (χ3v) is 4.02. The normalized spacial score (nSPS) is 10.7. The number of carbonyl (C=O) groups excluding carboxylic acids is 1. The minimum Gasteiger partial charge on any atom is -0.487 e. The van der Waals surface area contributed by atoms with Crippen molar-refractivity contribution in [3.63, 3.8) is 0 Å². The summed E-state index contributed by atoms with van der Waals surface area (Å²) in [5.41, 5.74) is 2.14. The van der Waals surface area contributed by atoms with E-state index in [9.17, 15) is 9.18 Å². The molecule has 0 aliphatic heterocycles. The molecule has 2 aromatic carbocycles. The smallest absolute Gasteiger partial charge is 0.255 e. The molecule has 4 aromatic rings. The van der Waals surface area contributed by atoms with E-state index < -0.39 is 11.7 Å². The van der Waals surface area contributed by atoms with Gasteiger partial charge in [0.05, 0.1) is 11.4 Å². The van der Waals surface area contributed by atoms with E-state index in [2.05, 4.69) is 10.3 Å². The maximum Gasteiger partial charge on any atom is 0.255 e. The maximum absolute atomic E-state index is 13.7. The molecular weight excluding hydrogens is 345 g/mol. The number of hydrogen-bond donors (Lipinski definition) is 1. The predicted molar refractivity (Wildman–Crippen MR) is 100 cm³/mol. The van der Waals surface area contributed by atoms with E-state index in [0.717, 1.165) is 11.3 Å². The van der Waals surface area contributed by atoms with E-state index in [1.807, 2.05) is 35.0 Å². The summed E-state index contributed by atoms with van der Waals surface area (Å²) in [4.78, 5) is 16.8. The van der Waals surface area contributed by atoms with Gasteiger partial charge in [-0.1, -0.05) is 24.3 Å². The molecule has 0 atom stereocenters. The van der Waals surface area contributed by atoms with Crippen LogP contribution in [0, 0.1) is 5.82 Å². The van der Waals surface area contributed by atoms with Crippen molar-refractivity contribution in [2.75, 3.05) is 5.32 Å². The van der Waals surface area contributed by atoms with Gasteiger partial charge in [0.15, 0.2) is 0 Å². The molecule has 134 valence electrons. The summed E-state index contributed by atoms with van der Waals surface area (Å²) in [6.45, 7) is 0.278. The van der Waals surface area contributed by atoms with Gasteiger partial charge in [-0.2, -0.15) is 0 Å². The fraction of sp³-hybridized carbons (Fsp3) is 0.0476. The first-order chi connectivity index (χ1) is 13.2. The van der Waals surface area contributed by atoms with Crippen molar-refractivity contribution in [3.05, 3.63) is 96.2 Å². The van der Waals surface area contributed by atoms with Crippen molar-refractivity contribution in [2.45, 2.75) is 6.61 Å². The molecule has 0 saturated carbocycles. The lowest BCUT2D eigenvalue weighted by molar-refractivity contribution is 0.102. The zero-order valence-electron chi connectivity index (χ0n) is 14.3. The van der Waals surface area contributed by atoms with E-state index in [4.69, 9.17) is 4.74 Å². The Morgan fingerprint density at radius 2 is 1.93 bits per heavy atom. The lowest BCUT2D eigenvalue weighted by Gasteiger charge is -2.08. The number of benzene rings is 2. The number of para-hydroxylation sites is 1. The standard InChI is InChI=1S/C21H16FN3O2/c22-18-8-1-2-9-19(18)24-21(26)15-6-5-7-17(12-15)27-14-16-13-25-11-4-3-10-20(25)23-16/h1-13H,14H2,(H,24,26). The van der Waals surface area contributed by atoms with Crippen LogP contribution in [0.3, 0.4) is 0 Å². The van der Waals surface area contributed by atoms with Crippen LogP contribution in [0.25, 0.3) is 5.65 Å². The number of anilines is 1. The first kappa shape index (κ1) is 16.8. The summed E-state index contributed by atoms with van der Waals surface area (Å²) in [7, 11) is 0. The highest BCUT2D eigenvalue weighted by Crippen LogP contribution is 2.18. The van der Waals surface area contributed by atoms with Gasteiger partial charge in [0.1, 0.15) is 23.8 Å². The van der Waals surface area contributed by atoms with Crippen molar-refractivity contribution >= 4 is 17.2 Å². The van der Waals surface area contributed by atoms with Gasteiger partial charge in [0.25, 0.3) is 5.91 Å². The summed E-state index contributed by atoms with van der Waals surface area (Å²) in [5, 5.41) is 2.56. The average Bonchev–Trinajstić information content (AvgIpc) is 3.11. The number of pyridine rings is 1. The quantitative estimate of drug-likeness (QED) is 0.576. The molecule has 0 spiro atoms. The second-order valence-corrected chi connectivity index (χ2v) is 5.95. The molecule has 6 heteroatoms. The summed E-state index contributed by atoms with van der Waals surface area (Å²) in [6.07, 6.45) is 3.81.